The van der Waals surface area contributed by atoms with Gasteiger partial charge in [-0.15, -0.1) is 0 Å². The molecule has 2 fully saturated rings. The number of nitrogens with zero attached hydrogens (tertiary/aromatic N) is 1. The number of rotatable bonds is 0. The highest BCUT2D eigenvalue weighted by atomic mass is 19.5. The third-order valence-electron chi connectivity index (χ3n) is 2.63. The Morgan fingerprint density at radius 3 is 1.21 bits per heavy atom. The fourth-order valence-corrected chi connectivity index (χ4v) is 1.87. The molecule has 2 atom stereocenters. The van der Waals surface area contributed by atoms with Crippen LogP contribution in [0.25, 0.3) is 0 Å². The molecule has 2 aliphatic rings. The number of carbonyl (C=O) groups excluding carboxylic acids is 1. The molecular formula is C10H17B3F12NO2-3. The molecule has 0 aromatic heterocycles. The van der Waals surface area contributed by atoms with Crippen LogP contribution >= 0.6 is 0 Å². The van der Waals surface area contributed by atoms with Gasteiger partial charge in [-0.05, 0) is 39.0 Å². The standard InChI is InChI=1S/C10H17NO2.3BF4/c1-10(2,3)13-9(12)11-5-7-4-8(7)6-11;3*2-1(3,4)5/h7-8H,4-6H2,1-3H3;;;/q;3*-1. The first-order chi connectivity index (χ1) is 12.0. The average molecular weight is 444 g/mol. The molecule has 0 spiro atoms. The van der Waals surface area contributed by atoms with Crippen molar-refractivity contribution in [1.82, 2.24) is 4.90 Å². The lowest BCUT2D eigenvalue weighted by molar-refractivity contribution is 0.0274. The van der Waals surface area contributed by atoms with Gasteiger partial charge in [0.2, 0.25) is 0 Å². The Balaban J connectivity index is 0. The summed E-state index contributed by atoms with van der Waals surface area (Å²) in [5.41, 5.74) is -0.357. The predicted molar refractivity (Wildman–Crippen MR) is 80.0 cm³/mol. The molecule has 0 bridgehead atoms. The maximum Gasteiger partial charge on any atom is 0.673 e. The maximum absolute atomic E-state index is 11.5. The Morgan fingerprint density at radius 1 is 0.750 bits per heavy atom. The summed E-state index contributed by atoms with van der Waals surface area (Å²) in [6.07, 6.45) is 1.18. The molecule has 2 unspecified atom stereocenters. The minimum absolute atomic E-state index is 0.139. The highest BCUT2D eigenvalue weighted by Gasteiger charge is 2.47. The second-order valence-electron chi connectivity index (χ2n) is 6.63. The van der Waals surface area contributed by atoms with Crippen molar-refractivity contribution >= 4 is 27.9 Å². The number of halogens is 12. The van der Waals surface area contributed by atoms with E-state index in [9.17, 15) is 56.6 Å². The second kappa shape index (κ2) is 10.4. The summed E-state index contributed by atoms with van der Waals surface area (Å²) < 4.78 is 122. The third-order valence-corrected chi connectivity index (χ3v) is 2.63. The van der Waals surface area contributed by atoms with E-state index >= 15 is 0 Å². The zero-order valence-corrected chi connectivity index (χ0v) is 14.8. The van der Waals surface area contributed by atoms with E-state index in [4.69, 9.17) is 4.74 Å². The molecule has 0 aromatic carbocycles. The van der Waals surface area contributed by atoms with Crippen molar-refractivity contribution in [3.8, 4) is 0 Å². The molecule has 3 nitrogen and oxygen atoms in total. The van der Waals surface area contributed by atoms with Crippen molar-refractivity contribution in [2.45, 2.75) is 32.8 Å². The Labute approximate surface area is 153 Å². The van der Waals surface area contributed by atoms with E-state index in [-0.39, 0.29) is 11.7 Å². The molecule has 0 N–H and O–H groups in total. The fourth-order valence-electron chi connectivity index (χ4n) is 1.87. The number of ether oxygens (including phenoxy) is 1. The quantitative estimate of drug-likeness (QED) is 0.351. The van der Waals surface area contributed by atoms with Crippen LogP contribution in [0.1, 0.15) is 27.2 Å². The first-order valence-electron chi connectivity index (χ1n) is 7.55. The molecule has 1 saturated heterocycles. The van der Waals surface area contributed by atoms with Gasteiger partial charge in [-0.3, -0.25) is 0 Å². The SMILES string of the molecule is CC(C)(C)OC(=O)N1CC2CC2C1.F[B-](F)(F)F.F[B-](F)(F)F.F[B-](F)(F)F. The summed E-state index contributed by atoms with van der Waals surface area (Å²) >= 11 is 0. The molecule has 1 amide bonds. The molecule has 2 rings (SSSR count). The molecule has 1 aliphatic carbocycles. The fraction of sp³-hybridized carbons (Fsp3) is 0.900. The lowest BCUT2D eigenvalue weighted by Crippen LogP contribution is -2.36. The molecule has 1 saturated carbocycles. The average Bonchev–Trinajstić information content (AvgIpc) is 2.87. The van der Waals surface area contributed by atoms with Crippen LogP contribution in [0.3, 0.4) is 0 Å². The van der Waals surface area contributed by atoms with Gasteiger partial charge in [0.15, 0.2) is 0 Å². The van der Waals surface area contributed by atoms with Gasteiger partial charge in [-0.25, -0.2) is 4.79 Å². The largest absolute Gasteiger partial charge is 0.673 e. The summed E-state index contributed by atoms with van der Waals surface area (Å²) in [7, 11) is -18.0. The van der Waals surface area contributed by atoms with Gasteiger partial charge in [-0.1, -0.05) is 0 Å². The number of piperidine rings is 1. The van der Waals surface area contributed by atoms with Gasteiger partial charge in [0.25, 0.3) is 0 Å². The van der Waals surface area contributed by atoms with E-state index < -0.39 is 21.8 Å². The Hall–Kier alpha value is -1.38. The van der Waals surface area contributed by atoms with Gasteiger partial charge in [0, 0.05) is 13.1 Å². The van der Waals surface area contributed by atoms with E-state index in [2.05, 4.69) is 0 Å². The van der Waals surface area contributed by atoms with Gasteiger partial charge in [-0.2, -0.15) is 0 Å². The molecular weight excluding hydrogens is 427 g/mol. The molecule has 1 aliphatic heterocycles. The van der Waals surface area contributed by atoms with Crippen LogP contribution in [0.15, 0.2) is 0 Å². The van der Waals surface area contributed by atoms with Gasteiger partial charge in [0.1, 0.15) is 5.60 Å². The number of hydrogen-bond acceptors (Lipinski definition) is 2. The summed E-state index contributed by atoms with van der Waals surface area (Å²) in [5.74, 6) is 1.57. The number of amides is 1. The minimum atomic E-state index is -6.00. The zero-order valence-electron chi connectivity index (χ0n) is 14.8. The van der Waals surface area contributed by atoms with Gasteiger partial charge >= 0.3 is 27.9 Å². The van der Waals surface area contributed by atoms with E-state index in [1.54, 1.807) is 0 Å². The highest BCUT2D eigenvalue weighted by molar-refractivity contribution is 6.50. The highest BCUT2D eigenvalue weighted by Crippen LogP contribution is 2.45. The lowest BCUT2D eigenvalue weighted by Gasteiger charge is -2.25. The van der Waals surface area contributed by atoms with E-state index in [0.717, 1.165) is 24.9 Å². The molecule has 0 radical (unpaired) electrons. The smallest absolute Gasteiger partial charge is 0.444 e. The molecule has 0 aromatic rings. The number of hydrogen-bond donors (Lipinski definition) is 0. The summed E-state index contributed by atoms with van der Waals surface area (Å²) in [6.45, 7) is 7.55. The Kier molecular flexibility index (Phi) is 10.7. The van der Waals surface area contributed by atoms with Crippen LogP contribution < -0.4 is 0 Å². The minimum Gasteiger partial charge on any atom is -0.444 e. The number of carbonyl (C=O) groups is 1. The molecule has 28 heavy (non-hydrogen) atoms. The van der Waals surface area contributed by atoms with Gasteiger partial charge in [0.05, 0.1) is 0 Å². The second-order valence-corrected chi connectivity index (χ2v) is 6.63. The summed E-state index contributed by atoms with van der Waals surface area (Å²) in [6, 6.07) is 0. The van der Waals surface area contributed by atoms with Crippen molar-refractivity contribution in [3.05, 3.63) is 0 Å². The normalized spacial score (nSPS) is 21.0. The zero-order chi connectivity index (χ0) is 23.1. The van der Waals surface area contributed by atoms with Crippen molar-refractivity contribution in [3.63, 3.8) is 0 Å². The summed E-state index contributed by atoms with van der Waals surface area (Å²) in [4.78, 5) is 13.4. The molecule has 18 heteroatoms. The van der Waals surface area contributed by atoms with Crippen molar-refractivity contribution in [2.24, 2.45) is 11.8 Å². The predicted octanol–water partition coefficient (Wildman–Crippen LogP) is 5.77. The molecule has 1 heterocycles. The molecule has 170 valence electrons. The lowest BCUT2D eigenvalue weighted by atomic mass is 10.2. The maximum atomic E-state index is 11.5. The van der Waals surface area contributed by atoms with Crippen molar-refractivity contribution in [2.75, 3.05) is 13.1 Å². The van der Waals surface area contributed by atoms with E-state index in [0.29, 0.717) is 0 Å². The summed E-state index contributed by atoms with van der Waals surface area (Å²) in [5, 5.41) is 0. The first kappa shape index (κ1) is 28.8. The van der Waals surface area contributed by atoms with E-state index in [1.807, 2.05) is 25.7 Å². The number of likely N-dealkylation sites (tertiary alicyclic amines) is 1. The topological polar surface area (TPSA) is 29.5 Å². The van der Waals surface area contributed by atoms with Gasteiger partial charge < -0.3 is 61.4 Å². The van der Waals surface area contributed by atoms with Crippen LogP contribution in [-0.4, -0.2) is 51.4 Å². The van der Waals surface area contributed by atoms with Crippen LogP contribution in [-0.2, 0) is 4.74 Å². The van der Waals surface area contributed by atoms with Crippen LogP contribution in [0, 0.1) is 11.8 Å². The Bertz CT molecular complexity index is 420. The van der Waals surface area contributed by atoms with Crippen molar-refractivity contribution < 1.29 is 61.3 Å². The van der Waals surface area contributed by atoms with Crippen LogP contribution in [0.2, 0.25) is 0 Å². The van der Waals surface area contributed by atoms with Crippen molar-refractivity contribution in [1.29, 1.82) is 0 Å². The monoisotopic (exact) mass is 444 g/mol. The first-order valence-corrected chi connectivity index (χ1v) is 7.55. The number of fused-ring (bicyclic) bond motifs is 1. The van der Waals surface area contributed by atoms with Crippen LogP contribution in [0.5, 0.6) is 0 Å². The van der Waals surface area contributed by atoms with Crippen LogP contribution in [0.4, 0.5) is 56.6 Å². The Morgan fingerprint density at radius 2 is 1.00 bits per heavy atom. The van der Waals surface area contributed by atoms with E-state index in [1.165, 1.54) is 6.42 Å². The third kappa shape index (κ3) is 29.4.